The Bertz CT molecular complexity index is 1780. The zero-order valence-corrected chi connectivity index (χ0v) is 23.2. The molecule has 202 valence electrons. The molecule has 0 aliphatic carbocycles. The molecule has 7 rings (SSSR count). The lowest BCUT2D eigenvalue weighted by molar-refractivity contribution is 0.0226. The summed E-state index contributed by atoms with van der Waals surface area (Å²) < 4.78 is 12.9. The zero-order valence-electron chi connectivity index (χ0n) is 23.2. The Labute approximate surface area is 239 Å². The van der Waals surface area contributed by atoms with Gasteiger partial charge in [0.25, 0.3) is 0 Å². The molecule has 0 radical (unpaired) electrons. The maximum absolute atomic E-state index is 14.1. The topological polar surface area (TPSA) is 59.6 Å². The second-order valence-electron chi connectivity index (χ2n) is 10.6. The number of esters is 1. The molecular formula is C36H30N2O3. The summed E-state index contributed by atoms with van der Waals surface area (Å²) in [6.07, 6.45) is 0.928. The van der Waals surface area contributed by atoms with E-state index in [1.165, 1.54) is 11.1 Å². The van der Waals surface area contributed by atoms with Crippen molar-refractivity contribution in [2.45, 2.75) is 32.8 Å². The Morgan fingerprint density at radius 3 is 2.05 bits per heavy atom. The van der Waals surface area contributed by atoms with Gasteiger partial charge in [0.2, 0.25) is 0 Å². The van der Waals surface area contributed by atoms with Crippen molar-refractivity contribution in [3.05, 3.63) is 142 Å². The van der Waals surface area contributed by atoms with Crippen LogP contribution in [0.15, 0.2) is 103 Å². The molecule has 5 aromatic carbocycles. The summed E-state index contributed by atoms with van der Waals surface area (Å²) in [6.45, 7) is 6.34. The van der Waals surface area contributed by atoms with E-state index in [0.717, 1.165) is 45.7 Å². The highest BCUT2D eigenvalue weighted by Gasteiger charge is 2.56. The quantitative estimate of drug-likeness (QED) is 0.219. The fourth-order valence-corrected chi connectivity index (χ4v) is 6.17. The molecule has 0 saturated carbocycles. The molecule has 2 aliphatic rings. The monoisotopic (exact) mass is 538 g/mol. The van der Waals surface area contributed by atoms with E-state index in [0.29, 0.717) is 22.7 Å². The van der Waals surface area contributed by atoms with Crippen LogP contribution in [-0.4, -0.2) is 5.97 Å². The predicted molar refractivity (Wildman–Crippen MR) is 163 cm³/mol. The van der Waals surface area contributed by atoms with Crippen LogP contribution in [0, 0.1) is 13.8 Å². The zero-order chi connectivity index (χ0) is 28.1. The van der Waals surface area contributed by atoms with Gasteiger partial charge in [0, 0.05) is 28.1 Å². The summed E-state index contributed by atoms with van der Waals surface area (Å²) in [5, 5.41) is 7.22. The van der Waals surface area contributed by atoms with Crippen LogP contribution in [0.25, 0.3) is 0 Å². The van der Waals surface area contributed by atoms with Crippen molar-refractivity contribution in [3.8, 4) is 11.5 Å². The van der Waals surface area contributed by atoms with E-state index in [-0.39, 0.29) is 5.97 Å². The summed E-state index contributed by atoms with van der Waals surface area (Å²) in [4.78, 5) is 14.1. The molecule has 1 spiro atoms. The third-order valence-electron chi connectivity index (χ3n) is 8.13. The van der Waals surface area contributed by atoms with Crippen LogP contribution < -0.4 is 15.4 Å². The molecule has 41 heavy (non-hydrogen) atoms. The first-order valence-electron chi connectivity index (χ1n) is 14.0. The summed E-state index contributed by atoms with van der Waals surface area (Å²) >= 11 is 0. The third-order valence-corrected chi connectivity index (χ3v) is 8.13. The van der Waals surface area contributed by atoms with E-state index in [1.807, 2.05) is 84.9 Å². The van der Waals surface area contributed by atoms with Gasteiger partial charge in [-0.15, -0.1) is 0 Å². The number of ether oxygens (including phenoxy) is 2. The Hall–Kier alpha value is -5.03. The number of para-hydroxylation sites is 3. The molecule has 0 fully saturated rings. The molecular weight excluding hydrogens is 508 g/mol. The van der Waals surface area contributed by atoms with Gasteiger partial charge in [-0.1, -0.05) is 67.6 Å². The summed E-state index contributed by atoms with van der Waals surface area (Å²) in [5.74, 6) is 0.951. The number of fused-ring (bicyclic) bond motifs is 6. The lowest BCUT2D eigenvalue weighted by atomic mass is 9.76. The van der Waals surface area contributed by atoms with E-state index < -0.39 is 5.60 Å². The number of carbonyl (C=O) groups excluding carboxylic acids is 1. The van der Waals surface area contributed by atoms with Gasteiger partial charge in [-0.3, -0.25) is 0 Å². The van der Waals surface area contributed by atoms with Crippen molar-refractivity contribution < 1.29 is 14.3 Å². The van der Waals surface area contributed by atoms with Gasteiger partial charge < -0.3 is 20.1 Å². The highest BCUT2D eigenvalue weighted by Crippen LogP contribution is 2.59. The molecule has 2 heterocycles. The van der Waals surface area contributed by atoms with Gasteiger partial charge in [0.1, 0.15) is 11.5 Å². The Morgan fingerprint density at radius 1 is 0.707 bits per heavy atom. The SMILES string of the molecule is CCc1cc(Nc2cc(C)c(Nc3ccccc3)c3c2C(=O)OC32c3ccccc3Oc3ccccc32)ccc1C. The lowest BCUT2D eigenvalue weighted by Crippen LogP contribution is -2.33. The number of hydrogen-bond donors (Lipinski definition) is 2. The largest absolute Gasteiger partial charge is 0.456 e. The number of carbonyl (C=O) groups is 1. The van der Waals surface area contributed by atoms with Crippen molar-refractivity contribution in [3.63, 3.8) is 0 Å². The Morgan fingerprint density at radius 2 is 1.37 bits per heavy atom. The molecule has 0 bridgehead atoms. The van der Waals surface area contributed by atoms with Crippen LogP contribution in [0.2, 0.25) is 0 Å². The molecule has 0 unspecified atom stereocenters. The second kappa shape index (κ2) is 9.56. The van der Waals surface area contributed by atoms with Gasteiger partial charge in [0.15, 0.2) is 5.60 Å². The smallest absolute Gasteiger partial charge is 0.342 e. The normalized spacial score (nSPS) is 14.0. The molecule has 0 saturated heterocycles. The first-order chi connectivity index (χ1) is 20.0. The average Bonchev–Trinajstić information content (AvgIpc) is 3.30. The van der Waals surface area contributed by atoms with Crippen LogP contribution in [0.1, 0.15) is 50.7 Å². The van der Waals surface area contributed by atoms with Crippen LogP contribution >= 0.6 is 0 Å². The summed E-state index contributed by atoms with van der Waals surface area (Å²) in [6, 6.07) is 34.0. The van der Waals surface area contributed by atoms with Gasteiger partial charge >= 0.3 is 5.97 Å². The van der Waals surface area contributed by atoms with Crippen molar-refractivity contribution in [2.24, 2.45) is 0 Å². The third kappa shape index (κ3) is 3.88. The minimum atomic E-state index is -1.20. The van der Waals surface area contributed by atoms with Gasteiger partial charge in [-0.2, -0.15) is 0 Å². The van der Waals surface area contributed by atoms with Gasteiger partial charge in [-0.25, -0.2) is 4.79 Å². The van der Waals surface area contributed by atoms with E-state index >= 15 is 0 Å². The van der Waals surface area contributed by atoms with E-state index in [4.69, 9.17) is 9.47 Å². The first kappa shape index (κ1) is 25.0. The fourth-order valence-electron chi connectivity index (χ4n) is 6.17. The van der Waals surface area contributed by atoms with Crippen molar-refractivity contribution in [2.75, 3.05) is 10.6 Å². The maximum atomic E-state index is 14.1. The van der Waals surface area contributed by atoms with Crippen LogP contribution in [0.3, 0.4) is 0 Å². The predicted octanol–water partition coefficient (Wildman–Crippen LogP) is 8.92. The highest BCUT2D eigenvalue weighted by molar-refractivity contribution is 6.06. The molecule has 2 N–H and O–H groups in total. The number of rotatable bonds is 5. The van der Waals surface area contributed by atoms with E-state index in [2.05, 4.69) is 49.6 Å². The fraction of sp³-hybridized carbons (Fsp3) is 0.139. The van der Waals surface area contributed by atoms with Gasteiger partial charge in [-0.05, 0) is 79.4 Å². The second-order valence-corrected chi connectivity index (χ2v) is 10.6. The van der Waals surface area contributed by atoms with Crippen molar-refractivity contribution >= 4 is 28.7 Å². The van der Waals surface area contributed by atoms with Crippen molar-refractivity contribution in [1.29, 1.82) is 0 Å². The van der Waals surface area contributed by atoms with E-state index in [9.17, 15) is 4.79 Å². The highest BCUT2D eigenvalue weighted by atomic mass is 16.6. The summed E-state index contributed by atoms with van der Waals surface area (Å²) in [7, 11) is 0. The molecule has 0 atom stereocenters. The molecule has 5 heteroatoms. The molecule has 0 aromatic heterocycles. The van der Waals surface area contributed by atoms with Crippen molar-refractivity contribution in [1.82, 2.24) is 0 Å². The first-order valence-corrected chi connectivity index (χ1v) is 14.0. The summed E-state index contributed by atoms with van der Waals surface area (Å²) in [5.41, 5.74) is 8.58. The molecule has 0 amide bonds. The van der Waals surface area contributed by atoms with Gasteiger partial charge in [0.05, 0.1) is 16.9 Å². The molecule has 5 nitrogen and oxygen atoms in total. The number of nitrogens with one attached hydrogen (secondary N) is 2. The minimum Gasteiger partial charge on any atom is -0.456 e. The van der Waals surface area contributed by atoms with Crippen LogP contribution in [0.5, 0.6) is 11.5 Å². The number of hydrogen-bond acceptors (Lipinski definition) is 5. The maximum Gasteiger partial charge on any atom is 0.342 e. The minimum absolute atomic E-state index is 0.382. The Kier molecular flexibility index (Phi) is 5.82. The number of benzene rings is 5. The number of aryl methyl sites for hydroxylation is 3. The van der Waals surface area contributed by atoms with Crippen LogP contribution in [0.4, 0.5) is 22.7 Å². The van der Waals surface area contributed by atoms with Crippen LogP contribution in [-0.2, 0) is 16.8 Å². The standard InChI is InChI=1S/C36H30N2O3/c1-4-24-21-26(19-18-22(24)2)37-29-20-23(3)34(38-25-12-6-5-7-13-25)33-32(29)35(39)41-36(33)27-14-8-10-16-30(27)40-31-17-11-9-15-28(31)36/h5-21,37-38H,4H2,1-3H3. The lowest BCUT2D eigenvalue weighted by Gasteiger charge is -2.37. The molecule has 5 aromatic rings. The average molecular weight is 539 g/mol. The number of anilines is 4. The van der Waals surface area contributed by atoms with E-state index in [1.54, 1.807) is 0 Å². The molecule has 2 aliphatic heterocycles. The Balaban J connectivity index is 1.53.